The molecule has 5 heteroatoms. The molecular weight excluding hydrogens is 191 g/mol. The average Bonchev–Trinajstić information content (AvgIpc) is 2.04. The molecule has 0 aliphatic carbocycles. The summed E-state index contributed by atoms with van der Waals surface area (Å²) in [6.07, 6.45) is 1.93. The van der Waals surface area contributed by atoms with Gasteiger partial charge in [0.25, 0.3) is 0 Å². The lowest BCUT2D eigenvalue weighted by atomic mass is 10.2. The fourth-order valence-corrected chi connectivity index (χ4v) is 0.827. The van der Waals surface area contributed by atoms with Crippen LogP contribution in [0.1, 0.15) is 5.56 Å². The van der Waals surface area contributed by atoms with Gasteiger partial charge in [0.2, 0.25) is 0 Å². The Kier molecular flexibility index (Phi) is 3.10. The second-order valence-corrected chi connectivity index (χ2v) is 3.34. The van der Waals surface area contributed by atoms with E-state index in [1.807, 2.05) is 12.2 Å². The molecule has 0 bridgehead atoms. The maximum absolute atomic E-state index is 10.2. The van der Waals surface area contributed by atoms with Crippen LogP contribution in [0.15, 0.2) is 30.3 Å². The molecule has 4 nitrogen and oxygen atoms in total. The van der Waals surface area contributed by atoms with Gasteiger partial charge in [0, 0.05) is 5.56 Å². The predicted octanol–water partition coefficient (Wildman–Crippen LogP) is 1.10. The third-order valence-electron chi connectivity index (χ3n) is 1.13. The maximum atomic E-state index is 10.2. The molecule has 1 aromatic rings. The quantitative estimate of drug-likeness (QED) is 0.523. The Hall–Kier alpha value is -1.27. The minimum absolute atomic E-state index is 0.635. The fraction of sp³-hybridized carbons (Fsp3) is 0. The molecule has 0 aromatic heterocycles. The minimum Gasteiger partial charge on any atom is -0.350 e. The van der Waals surface area contributed by atoms with Crippen LogP contribution in [-0.2, 0) is 9.09 Å². The molecule has 0 heterocycles. The van der Waals surface area contributed by atoms with Gasteiger partial charge in [-0.2, -0.15) is 0 Å². The van der Waals surface area contributed by atoms with Gasteiger partial charge in [0.1, 0.15) is 6.11 Å². The van der Waals surface area contributed by atoms with Gasteiger partial charge < -0.3 is 4.52 Å². The van der Waals surface area contributed by atoms with E-state index >= 15 is 0 Å². The number of hydrogen-bond acceptors (Lipinski definition) is 2. The van der Waals surface area contributed by atoms with Crippen LogP contribution in [0.2, 0.25) is 0 Å². The highest BCUT2D eigenvalue weighted by atomic mass is 31.2. The molecule has 13 heavy (non-hydrogen) atoms. The molecule has 1 rings (SSSR count). The zero-order chi connectivity index (χ0) is 9.73. The number of hydrogen-bond donors (Lipinski definition) is 2. The van der Waals surface area contributed by atoms with Gasteiger partial charge in [-0.1, -0.05) is 18.2 Å². The minimum atomic E-state index is -4.48. The van der Waals surface area contributed by atoms with E-state index in [4.69, 9.17) is 9.79 Å². The summed E-state index contributed by atoms with van der Waals surface area (Å²) >= 11 is 0. The highest BCUT2D eigenvalue weighted by molar-refractivity contribution is 7.46. The Morgan fingerprint density at radius 1 is 1.23 bits per heavy atom. The summed E-state index contributed by atoms with van der Waals surface area (Å²) in [6.45, 7) is 0. The zero-order valence-electron chi connectivity index (χ0n) is 6.54. The molecule has 0 saturated carbocycles. The van der Waals surface area contributed by atoms with Gasteiger partial charge in [-0.15, -0.1) is 0 Å². The smallest absolute Gasteiger partial charge is 0.350 e. The SMILES string of the molecule is O=P(O)(O)OC#Cc1ccccc1. The van der Waals surface area contributed by atoms with Crippen LogP contribution in [0.3, 0.4) is 0 Å². The summed E-state index contributed by atoms with van der Waals surface area (Å²) in [5, 5.41) is 0. The largest absolute Gasteiger partial charge is 0.533 e. The van der Waals surface area contributed by atoms with Crippen molar-refractivity contribution in [3.63, 3.8) is 0 Å². The average molecular weight is 198 g/mol. The molecule has 0 atom stereocenters. The van der Waals surface area contributed by atoms with Crippen LogP contribution in [-0.4, -0.2) is 9.79 Å². The fourth-order valence-electron chi connectivity index (χ4n) is 0.663. The van der Waals surface area contributed by atoms with E-state index in [1.165, 1.54) is 0 Å². The van der Waals surface area contributed by atoms with E-state index in [1.54, 1.807) is 24.3 Å². The molecule has 0 fully saturated rings. The summed E-state index contributed by atoms with van der Waals surface area (Å²) in [7, 11) is -4.48. The highest BCUT2D eigenvalue weighted by Gasteiger charge is 2.11. The molecule has 0 amide bonds. The monoisotopic (exact) mass is 198 g/mol. The topological polar surface area (TPSA) is 66.8 Å². The molecule has 1 aromatic carbocycles. The van der Waals surface area contributed by atoms with Crippen molar-refractivity contribution in [3.8, 4) is 12.0 Å². The van der Waals surface area contributed by atoms with Crippen molar-refractivity contribution in [1.29, 1.82) is 0 Å². The first-order valence-electron chi connectivity index (χ1n) is 3.38. The lowest BCUT2D eigenvalue weighted by Gasteiger charge is -1.95. The summed E-state index contributed by atoms with van der Waals surface area (Å²) in [6, 6.07) is 8.75. The first-order chi connectivity index (χ1) is 6.08. The van der Waals surface area contributed by atoms with Crippen LogP contribution in [0.4, 0.5) is 0 Å². The van der Waals surface area contributed by atoms with Gasteiger partial charge >= 0.3 is 7.82 Å². The van der Waals surface area contributed by atoms with E-state index in [-0.39, 0.29) is 0 Å². The van der Waals surface area contributed by atoms with Gasteiger partial charge in [-0.3, -0.25) is 9.79 Å². The van der Waals surface area contributed by atoms with Crippen LogP contribution in [0.25, 0.3) is 0 Å². The normalized spacial score (nSPS) is 10.0. The van der Waals surface area contributed by atoms with E-state index < -0.39 is 7.82 Å². The van der Waals surface area contributed by atoms with Gasteiger partial charge in [-0.25, -0.2) is 4.57 Å². The van der Waals surface area contributed by atoms with Crippen LogP contribution in [0, 0.1) is 12.0 Å². The van der Waals surface area contributed by atoms with Gasteiger partial charge in [0.15, 0.2) is 0 Å². The van der Waals surface area contributed by atoms with Gasteiger partial charge in [0.05, 0.1) is 0 Å². The second kappa shape index (κ2) is 4.11. The molecule has 0 aliphatic rings. The Labute approximate surface area is 75.4 Å². The predicted molar refractivity (Wildman–Crippen MR) is 46.4 cm³/mol. The first kappa shape index (κ1) is 9.82. The summed E-state index contributed by atoms with van der Waals surface area (Å²) in [4.78, 5) is 16.6. The van der Waals surface area contributed by atoms with Crippen molar-refractivity contribution in [2.24, 2.45) is 0 Å². The third kappa shape index (κ3) is 4.34. The lowest BCUT2D eigenvalue weighted by molar-refractivity contribution is 0.269. The summed E-state index contributed by atoms with van der Waals surface area (Å²) in [5.41, 5.74) is 0.635. The van der Waals surface area contributed by atoms with E-state index in [2.05, 4.69) is 10.4 Å². The summed E-state index contributed by atoms with van der Waals surface area (Å²) < 4.78 is 14.1. The maximum Gasteiger partial charge on any atom is 0.533 e. The number of phosphoric acid groups is 1. The molecule has 0 aliphatic heterocycles. The Morgan fingerprint density at radius 3 is 2.38 bits per heavy atom. The van der Waals surface area contributed by atoms with Crippen molar-refractivity contribution < 1.29 is 18.9 Å². The lowest BCUT2D eigenvalue weighted by Crippen LogP contribution is -1.79. The molecule has 0 unspecified atom stereocenters. The Balaban J connectivity index is 2.64. The van der Waals surface area contributed by atoms with E-state index in [9.17, 15) is 4.57 Å². The van der Waals surface area contributed by atoms with Crippen LogP contribution < -0.4 is 0 Å². The number of benzene rings is 1. The molecular formula is C8H7O4P. The number of phosphoric ester groups is 1. The molecule has 0 radical (unpaired) electrons. The van der Waals surface area contributed by atoms with Crippen LogP contribution >= 0.6 is 7.82 Å². The van der Waals surface area contributed by atoms with Crippen molar-refractivity contribution >= 4 is 7.82 Å². The Bertz CT molecular complexity index is 370. The van der Waals surface area contributed by atoms with Crippen molar-refractivity contribution in [3.05, 3.63) is 35.9 Å². The zero-order valence-corrected chi connectivity index (χ0v) is 7.44. The second-order valence-electron chi connectivity index (χ2n) is 2.17. The third-order valence-corrected chi connectivity index (χ3v) is 1.46. The van der Waals surface area contributed by atoms with E-state index in [0.29, 0.717) is 5.56 Å². The summed E-state index contributed by atoms with van der Waals surface area (Å²) in [5.74, 6) is 2.44. The highest BCUT2D eigenvalue weighted by Crippen LogP contribution is 2.34. The molecule has 0 spiro atoms. The molecule has 68 valence electrons. The van der Waals surface area contributed by atoms with Crippen LogP contribution in [0.5, 0.6) is 0 Å². The molecule has 2 N–H and O–H groups in total. The van der Waals surface area contributed by atoms with Crippen molar-refractivity contribution in [2.75, 3.05) is 0 Å². The van der Waals surface area contributed by atoms with Crippen molar-refractivity contribution in [1.82, 2.24) is 0 Å². The first-order valence-corrected chi connectivity index (χ1v) is 4.91. The van der Waals surface area contributed by atoms with Crippen molar-refractivity contribution in [2.45, 2.75) is 0 Å². The number of rotatable bonds is 1. The van der Waals surface area contributed by atoms with E-state index in [0.717, 1.165) is 0 Å². The Morgan fingerprint density at radius 2 is 1.85 bits per heavy atom. The molecule has 0 saturated heterocycles. The van der Waals surface area contributed by atoms with Gasteiger partial charge in [-0.05, 0) is 18.1 Å². The standard InChI is InChI=1S/C8H7O4P/c9-13(10,11)12-7-6-8-4-2-1-3-5-8/h1-5H,(H2,9,10,11).